The van der Waals surface area contributed by atoms with Gasteiger partial charge < -0.3 is 4.90 Å². The first kappa shape index (κ1) is 18.1. The van der Waals surface area contributed by atoms with Crippen LogP contribution in [0, 0.1) is 0 Å². The zero-order chi connectivity index (χ0) is 18.5. The minimum Gasteiger partial charge on any atom is -0.334 e. The van der Waals surface area contributed by atoms with Gasteiger partial charge in [-0.25, -0.2) is 0 Å². The maximum Gasteiger partial charge on any atom is 0.261 e. The first-order valence-electron chi connectivity index (χ1n) is 8.48. The zero-order valence-corrected chi connectivity index (χ0v) is 15.2. The average molecular weight is 368 g/mol. The lowest BCUT2D eigenvalue weighted by atomic mass is 10.1. The fourth-order valence-electron chi connectivity index (χ4n) is 2.99. The second-order valence-electron chi connectivity index (χ2n) is 6.05. The van der Waals surface area contributed by atoms with Crippen LogP contribution in [0.25, 0.3) is 0 Å². The molecule has 1 aliphatic heterocycles. The number of carbonyl (C=O) groups is 3. The van der Waals surface area contributed by atoms with Crippen molar-refractivity contribution in [2.45, 2.75) is 19.4 Å². The van der Waals surface area contributed by atoms with Crippen molar-refractivity contribution in [3.63, 3.8) is 0 Å². The van der Waals surface area contributed by atoms with Crippen molar-refractivity contribution in [1.82, 2.24) is 9.80 Å². The zero-order valence-electron chi connectivity index (χ0n) is 14.4. The van der Waals surface area contributed by atoms with Gasteiger partial charge >= 0.3 is 0 Å². The van der Waals surface area contributed by atoms with Gasteiger partial charge in [0.25, 0.3) is 11.8 Å². The lowest BCUT2D eigenvalue weighted by molar-refractivity contribution is -0.131. The molecule has 0 fully saturated rings. The molecule has 3 rings (SSSR count). The van der Waals surface area contributed by atoms with Crippen molar-refractivity contribution in [3.8, 4) is 0 Å². The number of carbonyl (C=O) groups excluding carboxylic acids is 3. The third kappa shape index (κ3) is 3.75. The van der Waals surface area contributed by atoms with Crippen molar-refractivity contribution in [1.29, 1.82) is 0 Å². The Morgan fingerprint density at radius 1 is 1.12 bits per heavy atom. The number of fused-ring (bicyclic) bond motifs is 1. The van der Waals surface area contributed by atoms with Gasteiger partial charge in [-0.05, 0) is 30.0 Å². The predicted octanol–water partition coefficient (Wildman–Crippen LogP) is 3.34. The molecule has 0 bridgehead atoms. The Labute approximate surface area is 156 Å². The monoisotopic (exact) mass is 368 g/mol. The van der Waals surface area contributed by atoms with Crippen LogP contribution in [0.2, 0.25) is 0 Å². The predicted molar refractivity (Wildman–Crippen MR) is 101 cm³/mol. The number of hydrogen-bond donors (Lipinski definition) is 0. The normalized spacial score (nSPS) is 13.0. The molecule has 0 aliphatic carbocycles. The van der Waals surface area contributed by atoms with E-state index in [9.17, 15) is 14.4 Å². The fraction of sp³-hybridized carbons (Fsp3) is 0.250. The van der Waals surface area contributed by atoms with Crippen molar-refractivity contribution < 1.29 is 14.4 Å². The quantitative estimate of drug-likeness (QED) is 0.530. The van der Waals surface area contributed by atoms with E-state index in [1.165, 1.54) is 4.90 Å². The van der Waals surface area contributed by atoms with E-state index in [1.54, 1.807) is 46.6 Å². The highest BCUT2D eigenvalue weighted by Gasteiger charge is 2.34. The summed E-state index contributed by atoms with van der Waals surface area (Å²) in [6, 6.07) is 10.8. The molecular weight excluding hydrogens is 348 g/mol. The summed E-state index contributed by atoms with van der Waals surface area (Å²) in [4.78, 5) is 41.2. The van der Waals surface area contributed by atoms with Crippen molar-refractivity contribution in [3.05, 3.63) is 70.4 Å². The molecule has 26 heavy (non-hydrogen) atoms. The molecule has 0 saturated heterocycles. The minimum absolute atomic E-state index is 0.00471. The summed E-state index contributed by atoms with van der Waals surface area (Å²) in [5.74, 6) is -0.561. The van der Waals surface area contributed by atoms with Crippen LogP contribution < -0.4 is 0 Å². The highest BCUT2D eigenvalue weighted by Crippen LogP contribution is 2.22. The van der Waals surface area contributed by atoms with Crippen molar-refractivity contribution in [2.24, 2.45) is 0 Å². The van der Waals surface area contributed by atoms with Gasteiger partial charge in [0, 0.05) is 24.4 Å². The van der Waals surface area contributed by atoms with E-state index in [0.29, 0.717) is 30.6 Å². The van der Waals surface area contributed by atoms with Crippen LogP contribution in [-0.2, 0) is 11.3 Å². The molecule has 0 N–H and O–H groups in total. The van der Waals surface area contributed by atoms with Gasteiger partial charge in [-0.1, -0.05) is 24.3 Å². The molecule has 0 radical (unpaired) electrons. The molecule has 5 nitrogen and oxygen atoms in total. The molecular formula is C20H20N2O3S. The Bertz CT molecular complexity index is 794. The molecule has 6 heteroatoms. The Morgan fingerprint density at radius 2 is 1.81 bits per heavy atom. The van der Waals surface area contributed by atoms with Gasteiger partial charge in [0.2, 0.25) is 5.91 Å². The van der Waals surface area contributed by atoms with Gasteiger partial charge in [-0.2, -0.15) is 0 Å². The largest absolute Gasteiger partial charge is 0.334 e. The molecule has 1 aliphatic rings. The third-order valence-electron chi connectivity index (χ3n) is 4.28. The van der Waals surface area contributed by atoms with Crippen LogP contribution >= 0.6 is 11.3 Å². The number of rotatable bonds is 8. The molecule has 2 aromatic rings. The molecule has 1 aromatic carbocycles. The summed E-state index contributed by atoms with van der Waals surface area (Å²) in [6.07, 6.45) is 2.44. The van der Waals surface area contributed by atoms with Gasteiger partial charge in [0.05, 0.1) is 17.7 Å². The average Bonchev–Trinajstić information content (AvgIpc) is 3.24. The van der Waals surface area contributed by atoms with Crippen molar-refractivity contribution >= 4 is 29.1 Å². The lowest BCUT2D eigenvalue weighted by Gasteiger charge is -2.21. The fourth-order valence-corrected chi connectivity index (χ4v) is 3.71. The number of benzene rings is 1. The van der Waals surface area contributed by atoms with E-state index < -0.39 is 0 Å². The van der Waals surface area contributed by atoms with E-state index in [2.05, 4.69) is 6.58 Å². The summed E-state index contributed by atoms with van der Waals surface area (Å²) in [6.45, 7) is 4.99. The van der Waals surface area contributed by atoms with E-state index in [4.69, 9.17) is 0 Å². The van der Waals surface area contributed by atoms with Crippen LogP contribution in [0.4, 0.5) is 0 Å². The van der Waals surface area contributed by atoms with E-state index in [1.807, 2.05) is 17.5 Å². The SMILES string of the molecule is C=CCN(Cc1cccs1)C(=O)CCCN1C(=O)c2ccccc2C1=O. The van der Waals surface area contributed by atoms with Crippen LogP contribution in [-0.4, -0.2) is 40.6 Å². The van der Waals surface area contributed by atoms with Crippen LogP contribution in [0.1, 0.15) is 38.4 Å². The number of amides is 3. The molecule has 3 amide bonds. The highest BCUT2D eigenvalue weighted by molar-refractivity contribution is 7.09. The maximum atomic E-state index is 12.5. The number of thiophene rings is 1. The number of nitrogens with zero attached hydrogens (tertiary/aromatic N) is 2. The van der Waals surface area contributed by atoms with E-state index >= 15 is 0 Å². The van der Waals surface area contributed by atoms with Crippen LogP contribution in [0.15, 0.2) is 54.4 Å². The standard InChI is InChI=1S/C20H20N2O3S/c1-2-11-21(14-15-7-6-13-26-15)18(23)10-5-12-22-19(24)16-8-3-4-9-17(16)20(22)25/h2-4,6-9,13H,1,5,10-12,14H2. The second kappa shape index (κ2) is 8.10. The molecule has 2 heterocycles. The molecule has 0 atom stereocenters. The van der Waals surface area contributed by atoms with Gasteiger partial charge in [-0.3, -0.25) is 19.3 Å². The van der Waals surface area contributed by atoms with Gasteiger partial charge in [-0.15, -0.1) is 17.9 Å². The van der Waals surface area contributed by atoms with E-state index in [0.717, 1.165) is 4.88 Å². The summed E-state index contributed by atoms with van der Waals surface area (Å²) < 4.78 is 0. The number of imide groups is 1. The smallest absolute Gasteiger partial charge is 0.261 e. The molecule has 1 aromatic heterocycles. The van der Waals surface area contributed by atoms with Crippen LogP contribution in [0.5, 0.6) is 0 Å². The first-order valence-corrected chi connectivity index (χ1v) is 9.36. The second-order valence-corrected chi connectivity index (χ2v) is 7.09. The topological polar surface area (TPSA) is 57.7 Å². The minimum atomic E-state index is -0.278. The molecule has 0 unspecified atom stereocenters. The van der Waals surface area contributed by atoms with Crippen molar-refractivity contribution in [2.75, 3.05) is 13.1 Å². The Balaban J connectivity index is 1.55. The van der Waals surface area contributed by atoms with Crippen LogP contribution in [0.3, 0.4) is 0 Å². The molecule has 0 spiro atoms. The van der Waals surface area contributed by atoms with E-state index in [-0.39, 0.29) is 30.7 Å². The third-order valence-corrected chi connectivity index (χ3v) is 5.14. The summed E-state index contributed by atoms with van der Waals surface area (Å²) >= 11 is 1.61. The number of hydrogen-bond acceptors (Lipinski definition) is 4. The van der Waals surface area contributed by atoms with Gasteiger partial charge in [0.1, 0.15) is 0 Å². The summed E-state index contributed by atoms with van der Waals surface area (Å²) in [5, 5.41) is 1.98. The maximum absolute atomic E-state index is 12.5. The Kier molecular flexibility index (Phi) is 5.63. The first-order chi connectivity index (χ1) is 12.6. The highest BCUT2D eigenvalue weighted by atomic mass is 32.1. The Morgan fingerprint density at radius 3 is 2.38 bits per heavy atom. The summed E-state index contributed by atoms with van der Waals surface area (Å²) in [5.41, 5.74) is 0.879. The molecule has 134 valence electrons. The lowest BCUT2D eigenvalue weighted by Crippen LogP contribution is -2.33. The Hall–Kier alpha value is -2.73. The van der Waals surface area contributed by atoms with Gasteiger partial charge in [0.15, 0.2) is 0 Å². The molecule has 0 saturated carbocycles. The summed E-state index contributed by atoms with van der Waals surface area (Å²) in [7, 11) is 0.